The minimum absolute atomic E-state index is 0.00973. The van der Waals surface area contributed by atoms with Gasteiger partial charge in [0.2, 0.25) is 5.60 Å². The Hall–Kier alpha value is -2.76. The number of hydrogen-bond donors (Lipinski definition) is 7. The molecule has 0 spiro atoms. The van der Waals surface area contributed by atoms with Crippen LogP contribution < -0.4 is 5.32 Å². The van der Waals surface area contributed by atoms with Crippen molar-refractivity contribution in [3.8, 4) is 0 Å². The zero-order chi connectivity index (χ0) is 48.8. The first kappa shape index (κ1) is 53.2. The molecule has 0 aromatic rings. The molecule has 15 nitrogen and oxygen atoms in total. The van der Waals surface area contributed by atoms with E-state index in [4.69, 9.17) is 14.2 Å². The van der Waals surface area contributed by atoms with E-state index in [1.165, 1.54) is 27.9 Å². The quantitative estimate of drug-likeness (QED) is 0.0718. The van der Waals surface area contributed by atoms with Crippen molar-refractivity contribution in [2.75, 3.05) is 33.3 Å². The van der Waals surface area contributed by atoms with E-state index in [0.29, 0.717) is 45.3 Å². The van der Waals surface area contributed by atoms with Crippen LogP contribution >= 0.6 is 0 Å². The highest BCUT2D eigenvalue weighted by Gasteiger charge is 2.74. The second kappa shape index (κ2) is 20.1. The maximum atomic E-state index is 14.0. The fraction of sp³-hybridized carbons (Fsp3) is 0.840. The van der Waals surface area contributed by atoms with Crippen molar-refractivity contribution in [2.45, 2.75) is 181 Å². The number of nitrogens with zero attached hydrogens (tertiary/aromatic N) is 1. The third-order valence-electron chi connectivity index (χ3n) is 17.2. The SMILES string of the molecule is CC[C@H]1OC(=O)[C@H](C)[C@@H](O)[C@H](C)[C@@H](O)[C@](C)(O)C[C@@H](C)CN(CCCNCCC(=O)O[C@]2(C(=O)OC)[C@H](C)CC3C4CC(C)=C5CC(=O)C=C[C@]5(C)C4[C@@H](O)C[C@@]32C)[C@H](C)[C@@H](O)[C@]1(C)O. The first-order valence-electron chi connectivity index (χ1n) is 24.2. The number of cyclic esters (lactones) is 1. The maximum absolute atomic E-state index is 14.0. The molecule has 5 aliphatic rings. The number of carbonyl (C=O) groups is 4. The summed E-state index contributed by atoms with van der Waals surface area (Å²) in [5, 5.41) is 72.6. The zero-order valence-electron chi connectivity index (χ0n) is 41.1. The van der Waals surface area contributed by atoms with Crippen molar-refractivity contribution in [3.63, 3.8) is 0 Å². The normalized spacial score (nSPS) is 45.4. The molecule has 4 aliphatic carbocycles. The van der Waals surface area contributed by atoms with E-state index in [1.807, 2.05) is 31.7 Å². The number of ketones is 1. The molecule has 0 amide bonds. The van der Waals surface area contributed by atoms with E-state index >= 15 is 0 Å². The number of nitrogens with one attached hydrogen (secondary N) is 1. The molecule has 0 radical (unpaired) electrons. The van der Waals surface area contributed by atoms with E-state index in [0.717, 1.165) is 11.1 Å². The molecule has 2 saturated carbocycles. The van der Waals surface area contributed by atoms with Crippen LogP contribution in [-0.2, 0) is 33.4 Å². The largest absolute Gasteiger partial charge is 0.466 e. The number of aliphatic hydroxyl groups excluding tert-OH is 4. The Labute approximate surface area is 386 Å². The van der Waals surface area contributed by atoms with Gasteiger partial charge in [0.15, 0.2) is 5.78 Å². The lowest BCUT2D eigenvalue weighted by Crippen LogP contribution is -2.64. The number of aliphatic hydroxyl groups is 6. The molecule has 0 bridgehead atoms. The highest BCUT2D eigenvalue weighted by atomic mass is 16.6. The molecular weight excluding hydrogens is 837 g/mol. The Balaban J connectivity index is 1.26. The summed E-state index contributed by atoms with van der Waals surface area (Å²) in [5.41, 5.74) is -4.32. The van der Waals surface area contributed by atoms with Crippen molar-refractivity contribution in [1.29, 1.82) is 0 Å². The predicted molar refractivity (Wildman–Crippen MR) is 243 cm³/mol. The summed E-state index contributed by atoms with van der Waals surface area (Å²) in [4.78, 5) is 55.6. The van der Waals surface area contributed by atoms with Gasteiger partial charge in [-0.1, -0.05) is 58.8 Å². The predicted octanol–water partition coefficient (Wildman–Crippen LogP) is 3.64. The van der Waals surface area contributed by atoms with Gasteiger partial charge in [-0.25, -0.2) is 4.79 Å². The molecule has 15 heteroatoms. The van der Waals surface area contributed by atoms with Gasteiger partial charge >= 0.3 is 17.9 Å². The topological polar surface area (TPSA) is 233 Å². The molecule has 370 valence electrons. The molecule has 1 aliphatic heterocycles. The van der Waals surface area contributed by atoms with Crippen LogP contribution in [0.4, 0.5) is 0 Å². The molecule has 65 heavy (non-hydrogen) atoms. The van der Waals surface area contributed by atoms with Crippen molar-refractivity contribution in [2.24, 2.45) is 52.3 Å². The lowest BCUT2D eigenvalue weighted by atomic mass is 9.46. The molecule has 3 fully saturated rings. The lowest BCUT2D eigenvalue weighted by Gasteiger charge is -2.59. The van der Waals surface area contributed by atoms with E-state index in [1.54, 1.807) is 26.8 Å². The maximum Gasteiger partial charge on any atom is 0.351 e. The van der Waals surface area contributed by atoms with Crippen molar-refractivity contribution in [3.05, 3.63) is 23.3 Å². The fourth-order valence-electron chi connectivity index (χ4n) is 13.6. The van der Waals surface area contributed by atoms with Crippen LogP contribution in [0.1, 0.15) is 128 Å². The summed E-state index contributed by atoms with van der Waals surface area (Å²) in [5.74, 6) is -4.75. The standard InChI is InChI=1S/C50H82N2O13/c1-13-38-49(11,62)43(58)32(7)52(26-27(2)24-48(10,61)42(57)30(5)41(56)31(6)44(59)64-38)20-14-18-51-19-16-39(55)65-50(45(60)63-12)29(4)22-36-34-21-28(3)35-23-33(53)15-17-46(35,8)40(34)37(54)25-47(36,50)9/h15,17,27,29-32,34,36-38,40-43,51,54,56-58,61-62H,13-14,16,18-26H2,1-12H3/t27-,29-,30+,31-,32-,34?,36?,37+,38-,40?,41+,42-,43-,46+,47+,48-,49-,50+/m1/s1. The number of fused-ring (bicyclic) bond motifs is 5. The van der Waals surface area contributed by atoms with Crippen LogP contribution in [0.3, 0.4) is 0 Å². The Morgan fingerprint density at radius 3 is 2.26 bits per heavy atom. The van der Waals surface area contributed by atoms with E-state index < -0.39 is 99.9 Å². The Bertz CT molecular complexity index is 1820. The van der Waals surface area contributed by atoms with Gasteiger partial charge in [0, 0.05) is 54.1 Å². The van der Waals surface area contributed by atoms with E-state index in [9.17, 15) is 49.8 Å². The Morgan fingerprint density at radius 1 is 0.969 bits per heavy atom. The molecule has 3 unspecified atom stereocenters. The van der Waals surface area contributed by atoms with E-state index in [-0.39, 0.29) is 61.7 Å². The average Bonchev–Trinajstić information content (AvgIpc) is 3.46. The highest BCUT2D eigenvalue weighted by molar-refractivity contribution is 5.93. The second-order valence-electron chi connectivity index (χ2n) is 21.9. The highest BCUT2D eigenvalue weighted by Crippen LogP contribution is 2.69. The number of hydrogen-bond acceptors (Lipinski definition) is 15. The molecule has 0 aromatic heterocycles. The van der Waals surface area contributed by atoms with Gasteiger partial charge in [-0.2, -0.15) is 0 Å². The monoisotopic (exact) mass is 919 g/mol. The van der Waals surface area contributed by atoms with Crippen LogP contribution in [0, 0.1) is 52.3 Å². The van der Waals surface area contributed by atoms with Gasteiger partial charge in [0.05, 0.1) is 43.4 Å². The van der Waals surface area contributed by atoms with Crippen LogP contribution in [-0.4, -0.2) is 146 Å². The third kappa shape index (κ3) is 9.78. The number of methoxy groups -OCH3 is 1. The first-order chi connectivity index (χ1) is 30.2. The summed E-state index contributed by atoms with van der Waals surface area (Å²) >= 11 is 0. The van der Waals surface area contributed by atoms with Gasteiger partial charge in [-0.3, -0.25) is 19.3 Å². The fourth-order valence-corrected chi connectivity index (χ4v) is 13.6. The van der Waals surface area contributed by atoms with Gasteiger partial charge in [-0.15, -0.1) is 0 Å². The number of rotatable bonds is 10. The number of ether oxygens (including phenoxy) is 3. The molecular formula is C50H82N2O13. The molecule has 5 rings (SSSR count). The van der Waals surface area contributed by atoms with Crippen LogP contribution in [0.5, 0.6) is 0 Å². The van der Waals surface area contributed by atoms with Gasteiger partial charge in [0.25, 0.3) is 0 Å². The van der Waals surface area contributed by atoms with Crippen LogP contribution in [0.2, 0.25) is 0 Å². The number of carbonyl (C=O) groups excluding carboxylic acids is 4. The third-order valence-corrected chi connectivity index (χ3v) is 17.2. The van der Waals surface area contributed by atoms with E-state index in [2.05, 4.69) is 19.2 Å². The summed E-state index contributed by atoms with van der Waals surface area (Å²) in [6.45, 7) is 20.9. The average molecular weight is 919 g/mol. The minimum Gasteiger partial charge on any atom is -0.466 e. The number of allylic oxidation sites excluding steroid dienone is 4. The number of esters is 3. The molecule has 7 N–H and O–H groups in total. The van der Waals surface area contributed by atoms with Crippen molar-refractivity contribution < 1.29 is 64.0 Å². The van der Waals surface area contributed by atoms with Crippen molar-refractivity contribution >= 4 is 23.7 Å². The summed E-state index contributed by atoms with van der Waals surface area (Å²) in [6.07, 6.45) is 0.271. The van der Waals surface area contributed by atoms with Gasteiger partial charge < -0.3 is 50.2 Å². The van der Waals surface area contributed by atoms with Crippen molar-refractivity contribution in [1.82, 2.24) is 10.2 Å². The molecule has 1 heterocycles. The Morgan fingerprint density at radius 2 is 1.63 bits per heavy atom. The van der Waals surface area contributed by atoms with Gasteiger partial charge in [0.1, 0.15) is 17.8 Å². The molecule has 18 atom stereocenters. The summed E-state index contributed by atoms with van der Waals surface area (Å²) in [7, 11) is 1.30. The van der Waals surface area contributed by atoms with Gasteiger partial charge in [-0.05, 0) is 110 Å². The first-order valence-corrected chi connectivity index (χ1v) is 24.2. The minimum atomic E-state index is -1.87. The van der Waals surface area contributed by atoms with Crippen LogP contribution in [0.25, 0.3) is 0 Å². The molecule has 0 aromatic carbocycles. The smallest absolute Gasteiger partial charge is 0.351 e. The zero-order valence-corrected chi connectivity index (χ0v) is 41.1. The van der Waals surface area contributed by atoms with Crippen LogP contribution in [0.15, 0.2) is 23.3 Å². The second-order valence-corrected chi connectivity index (χ2v) is 21.9. The lowest BCUT2D eigenvalue weighted by molar-refractivity contribution is -0.216. The Kier molecular flexibility index (Phi) is 16.4. The molecule has 1 saturated heterocycles. The summed E-state index contributed by atoms with van der Waals surface area (Å²) < 4.78 is 17.5. The summed E-state index contributed by atoms with van der Waals surface area (Å²) in [6, 6.07) is -0.652.